The average molecular weight is 324 g/mol. The van der Waals surface area contributed by atoms with E-state index < -0.39 is 5.97 Å². The van der Waals surface area contributed by atoms with Crippen molar-refractivity contribution in [3.63, 3.8) is 0 Å². The predicted molar refractivity (Wildman–Crippen MR) is 88.8 cm³/mol. The van der Waals surface area contributed by atoms with E-state index >= 15 is 0 Å². The molecule has 0 spiro atoms. The summed E-state index contributed by atoms with van der Waals surface area (Å²) < 4.78 is 9.93. The summed E-state index contributed by atoms with van der Waals surface area (Å²) in [5.74, 6) is 0.390. The minimum absolute atomic E-state index is 0.283. The molecule has 1 N–H and O–H groups in total. The zero-order valence-corrected chi connectivity index (χ0v) is 13.3. The zero-order valence-electron chi connectivity index (χ0n) is 13.3. The minimum atomic E-state index is -0.430. The number of ether oxygens (including phenoxy) is 2. The molecule has 0 aliphatic rings. The number of benzene rings is 2. The Morgan fingerprint density at radius 2 is 1.88 bits per heavy atom. The lowest BCUT2D eigenvalue weighted by Gasteiger charge is -2.03. The molecule has 0 unspecified atom stereocenters. The van der Waals surface area contributed by atoms with Gasteiger partial charge < -0.3 is 14.5 Å². The number of carbonyl (C=O) groups excluding carboxylic acids is 2. The normalized spacial score (nSPS) is 10.6. The first-order chi connectivity index (χ1) is 11.6. The third-order valence-corrected chi connectivity index (χ3v) is 3.57. The number of fused-ring (bicyclic) bond motifs is 1. The quantitative estimate of drug-likeness (QED) is 0.588. The van der Waals surface area contributed by atoms with Crippen molar-refractivity contribution in [2.24, 2.45) is 0 Å². The van der Waals surface area contributed by atoms with Crippen molar-refractivity contribution < 1.29 is 19.1 Å². The number of aromatic amines is 1. The van der Waals surface area contributed by atoms with Crippen molar-refractivity contribution in [3.05, 3.63) is 48.0 Å². The largest absolute Gasteiger partial charge is 0.465 e. The molecule has 1 aromatic heterocycles. The van der Waals surface area contributed by atoms with Gasteiger partial charge in [0.05, 0.1) is 18.2 Å². The molecule has 0 saturated heterocycles. The van der Waals surface area contributed by atoms with Crippen LogP contribution < -0.4 is 4.74 Å². The van der Waals surface area contributed by atoms with Crippen molar-refractivity contribution in [1.29, 1.82) is 0 Å². The van der Waals surface area contributed by atoms with E-state index in [2.05, 4.69) is 9.97 Å². The Morgan fingerprint density at radius 3 is 2.54 bits per heavy atom. The van der Waals surface area contributed by atoms with Gasteiger partial charge in [-0.25, -0.2) is 9.78 Å². The summed E-state index contributed by atoms with van der Waals surface area (Å²) in [6.45, 7) is 1.74. The number of nitrogens with zero attached hydrogens (tertiary/aromatic N) is 1. The van der Waals surface area contributed by atoms with Gasteiger partial charge in [0.15, 0.2) is 0 Å². The summed E-state index contributed by atoms with van der Waals surface area (Å²) in [6, 6.07) is 12.3. The molecule has 3 aromatic rings. The molecule has 0 bridgehead atoms. The van der Waals surface area contributed by atoms with Crippen molar-refractivity contribution >= 4 is 23.0 Å². The second-order valence-corrected chi connectivity index (χ2v) is 5.13. The van der Waals surface area contributed by atoms with Gasteiger partial charge in [-0.1, -0.05) is 13.0 Å². The zero-order chi connectivity index (χ0) is 17.1. The molecule has 0 aliphatic heterocycles. The Balaban J connectivity index is 1.95. The predicted octanol–water partition coefficient (Wildman–Crippen LogP) is 3.33. The van der Waals surface area contributed by atoms with Crippen molar-refractivity contribution in [2.45, 2.75) is 13.3 Å². The molecule has 0 aliphatic carbocycles. The Labute approximate surface area is 138 Å². The van der Waals surface area contributed by atoms with E-state index in [9.17, 15) is 9.59 Å². The Morgan fingerprint density at radius 1 is 1.12 bits per heavy atom. The van der Waals surface area contributed by atoms with Gasteiger partial charge in [0.25, 0.3) is 0 Å². The number of hydrogen-bond donors (Lipinski definition) is 1. The highest BCUT2D eigenvalue weighted by molar-refractivity contribution is 6.02. The van der Waals surface area contributed by atoms with Crippen LogP contribution in [-0.4, -0.2) is 29.0 Å². The first kappa shape index (κ1) is 15.7. The first-order valence-corrected chi connectivity index (χ1v) is 7.50. The van der Waals surface area contributed by atoms with Crippen molar-refractivity contribution in [1.82, 2.24) is 9.97 Å². The Bertz CT molecular complexity index is 897. The molecule has 0 atom stereocenters. The Hall–Kier alpha value is -3.15. The first-order valence-electron chi connectivity index (χ1n) is 7.50. The van der Waals surface area contributed by atoms with Crippen LogP contribution in [0.4, 0.5) is 0 Å². The van der Waals surface area contributed by atoms with Gasteiger partial charge >= 0.3 is 11.9 Å². The van der Waals surface area contributed by atoms with E-state index in [1.165, 1.54) is 7.11 Å². The summed E-state index contributed by atoms with van der Waals surface area (Å²) in [6.07, 6.45) is 0.321. The number of imidazole rings is 1. The third kappa shape index (κ3) is 2.99. The maximum atomic E-state index is 11.8. The molecular formula is C18H16N2O4. The molecular weight excluding hydrogens is 308 g/mol. The van der Waals surface area contributed by atoms with Gasteiger partial charge in [-0.05, 0) is 36.4 Å². The number of esters is 2. The van der Waals surface area contributed by atoms with Crippen LogP contribution >= 0.6 is 0 Å². The summed E-state index contributed by atoms with van der Waals surface area (Å²) in [5.41, 5.74) is 2.53. The maximum absolute atomic E-state index is 11.8. The van der Waals surface area contributed by atoms with Gasteiger partial charge in [0.2, 0.25) is 0 Å². The summed E-state index contributed by atoms with van der Waals surface area (Å²) >= 11 is 0. The molecule has 6 nitrogen and oxygen atoms in total. The molecule has 0 fully saturated rings. The summed E-state index contributed by atoms with van der Waals surface area (Å²) in [4.78, 5) is 30.8. The van der Waals surface area contributed by atoms with Crippen LogP contribution in [0.15, 0.2) is 42.5 Å². The van der Waals surface area contributed by atoms with E-state index in [1.54, 1.807) is 43.3 Å². The number of rotatable bonds is 4. The van der Waals surface area contributed by atoms with Gasteiger partial charge in [-0.15, -0.1) is 0 Å². The highest BCUT2D eigenvalue weighted by Gasteiger charge is 2.14. The second kappa shape index (κ2) is 6.54. The average Bonchev–Trinajstić information content (AvgIpc) is 3.05. The van der Waals surface area contributed by atoms with Crippen LogP contribution in [0.2, 0.25) is 0 Å². The minimum Gasteiger partial charge on any atom is -0.465 e. The van der Waals surface area contributed by atoms with Crippen LogP contribution in [0.25, 0.3) is 22.4 Å². The summed E-state index contributed by atoms with van der Waals surface area (Å²) in [7, 11) is 1.34. The third-order valence-electron chi connectivity index (χ3n) is 3.57. The van der Waals surface area contributed by atoms with Gasteiger partial charge in [-0.3, -0.25) is 4.79 Å². The standard InChI is InChI=1S/C18H16N2O4/c1-3-15(21)24-12-9-7-11(8-10-12)17-19-14-6-4-5-13(16(14)20-17)18(22)23-2/h4-10H,3H2,1-2H3,(H,19,20). The van der Waals surface area contributed by atoms with Gasteiger partial charge in [-0.2, -0.15) is 0 Å². The highest BCUT2D eigenvalue weighted by Crippen LogP contribution is 2.25. The number of para-hydroxylation sites is 1. The van der Waals surface area contributed by atoms with E-state index in [-0.39, 0.29) is 5.97 Å². The van der Waals surface area contributed by atoms with Crippen LogP contribution in [0, 0.1) is 0 Å². The highest BCUT2D eigenvalue weighted by atomic mass is 16.5. The summed E-state index contributed by atoms with van der Waals surface area (Å²) in [5, 5.41) is 0. The molecule has 0 saturated carbocycles. The van der Waals surface area contributed by atoms with Crippen molar-refractivity contribution in [2.75, 3.05) is 7.11 Å². The second-order valence-electron chi connectivity index (χ2n) is 5.13. The van der Waals surface area contributed by atoms with E-state index in [1.807, 2.05) is 6.07 Å². The van der Waals surface area contributed by atoms with Crippen LogP contribution in [0.3, 0.4) is 0 Å². The molecule has 24 heavy (non-hydrogen) atoms. The fourth-order valence-corrected chi connectivity index (χ4v) is 2.33. The number of nitrogens with one attached hydrogen (secondary N) is 1. The van der Waals surface area contributed by atoms with Crippen LogP contribution in [0.1, 0.15) is 23.7 Å². The van der Waals surface area contributed by atoms with Crippen LogP contribution in [-0.2, 0) is 9.53 Å². The molecule has 3 rings (SSSR count). The molecule has 6 heteroatoms. The number of H-pyrrole nitrogens is 1. The molecule has 0 amide bonds. The molecule has 0 radical (unpaired) electrons. The SMILES string of the molecule is CCC(=O)Oc1ccc(-c2nc3c(C(=O)OC)cccc3[nH]2)cc1. The Kier molecular flexibility index (Phi) is 4.29. The van der Waals surface area contributed by atoms with E-state index in [0.717, 1.165) is 11.1 Å². The topological polar surface area (TPSA) is 81.3 Å². The fraction of sp³-hybridized carbons (Fsp3) is 0.167. The maximum Gasteiger partial charge on any atom is 0.340 e. The van der Waals surface area contributed by atoms with Crippen LogP contribution in [0.5, 0.6) is 5.75 Å². The lowest BCUT2D eigenvalue weighted by molar-refractivity contribution is -0.134. The molecule has 1 heterocycles. The number of hydrogen-bond acceptors (Lipinski definition) is 5. The fourth-order valence-electron chi connectivity index (χ4n) is 2.33. The van der Waals surface area contributed by atoms with E-state index in [0.29, 0.717) is 29.1 Å². The lowest BCUT2D eigenvalue weighted by Crippen LogP contribution is -2.05. The van der Waals surface area contributed by atoms with Crippen molar-refractivity contribution in [3.8, 4) is 17.1 Å². The molecule has 122 valence electrons. The van der Waals surface area contributed by atoms with Gasteiger partial charge in [0, 0.05) is 12.0 Å². The van der Waals surface area contributed by atoms with E-state index in [4.69, 9.17) is 9.47 Å². The number of aromatic nitrogens is 2. The number of methoxy groups -OCH3 is 1. The molecule has 2 aromatic carbocycles. The smallest absolute Gasteiger partial charge is 0.340 e. The lowest BCUT2D eigenvalue weighted by atomic mass is 10.2. The monoisotopic (exact) mass is 324 g/mol. The number of carbonyl (C=O) groups is 2. The van der Waals surface area contributed by atoms with Gasteiger partial charge in [0.1, 0.15) is 17.1 Å².